The van der Waals surface area contributed by atoms with Gasteiger partial charge in [0.15, 0.2) is 0 Å². The van der Waals surface area contributed by atoms with E-state index in [0.29, 0.717) is 17.3 Å². The Morgan fingerprint density at radius 2 is 2.10 bits per heavy atom. The molecule has 1 heterocycles. The van der Waals surface area contributed by atoms with Crippen LogP contribution in [0, 0.1) is 12.7 Å². The van der Waals surface area contributed by atoms with Crippen molar-refractivity contribution in [3.05, 3.63) is 58.1 Å². The van der Waals surface area contributed by atoms with E-state index < -0.39 is 0 Å². The molecule has 3 nitrogen and oxygen atoms in total. The quantitative estimate of drug-likeness (QED) is 0.917. The van der Waals surface area contributed by atoms with Gasteiger partial charge in [-0.2, -0.15) is 0 Å². The molecule has 0 bridgehead atoms. The van der Waals surface area contributed by atoms with Crippen molar-refractivity contribution in [2.75, 3.05) is 7.05 Å². The number of aryl methyl sites for hydroxylation is 1. The molecular formula is C15H16ClFN2O. The molecular weight excluding hydrogens is 279 g/mol. The number of hydrogen-bond donors (Lipinski definition) is 1. The van der Waals surface area contributed by atoms with E-state index >= 15 is 0 Å². The Hall–Kier alpha value is -1.65. The van der Waals surface area contributed by atoms with Crippen LogP contribution < -0.4 is 10.1 Å². The normalized spacial score (nSPS) is 10.6. The summed E-state index contributed by atoms with van der Waals surface area (Å²) in [6, 6.07) is 8.04. The number of pyridine rings is 1. The number of aromatic nitrogens is 1. The van der Waals surface area contributed by atoms with E-state index in [9.17, 15) is 4.39 Å². The number of rotatable bonds is 5. The van der Waals surface area contributed by atoms with Crippen LogP contribution in [0.2, 0.25) is 5.02 Å². The summed E-state index contributed by atoms with van der Waals surface area (Å²) in [4.78, 5) is 4.43. The van der Waals surface area contributed by atoms with Gasteiger partial charge in [-0.05, 0) is 38.2 Å². The third kappa shape index (κ3) is 3.68. The van der Waals surface area contributed by atoms with Crippen LogP contribution >= 0.6 is 11.6 Å². The van der Waals surface area contributed by atoms with Gasteiger partial charge in [0.25, 0.3) is 0 Å². The lowest BCUT2D eigenvalue weighted by Gasteiger charge is -2.12. The SMILES string of the molecule is CNCc1nc(C)ccc1OCc1ccc(F)cc1Cl. The van der Waals surface area contributed by atoms with Crippen molar-refractivity contribution in [1.82, 2.24) is 10.3 Å². The molecule has 2 rings (SSSR count). The first kappa shape index (κ1) is 14.8. The highest BCUT2D eigenvalue weighted by atomic mass is 35.5. The van der Waals surface area contributed by atoms with Crippen LogP contribution in [-0.4, -0.2) is 12.0 Å². The Bertz CT molecular complexity index is 604. The van der Waals surface area contributed by atoms with Crippen molar-refractivity contribution in [2.24, 2.45) is 0 Å². The Kier molecular flexibility index (Phi) is 4.93. The van der Waals surface area contributed by atoms with Crippen LogP contribution in [0.4, 0.5) is 4.39 Å². The van der Waals surface area contributed by atoms with Crippen molar-refractivity contribution in [1.29, 1.82) is 0 Å². The predicted molar refractivity (Wildman–Crippen MR) is 77.5 cm³/mol. The highest BCUT2D eigenvalue weighted by Gasteiger charge is 2.07. The number of halogens is 2. The molecule has 0 aliphatic carbocycles. The summed E-state index contributed by atoms with van der Waals surface area (Å²) in [6.07, 6.45) is 0. The molecule has 5 heteroatoms. The standard InChI is InChI=1S/C15H16ClFN2O/c1-10-3-6-15(14(19-10)8-18-2)20-9-11-4-5-12(17)7-13(11)16/h3-7,18H,8-9H2,1-2H3. The summed E-state index contributed by atoms with van der Waals surface area (Å²) in [7, 11) is 1.85. The molecule has 1 aromatic carbocycles. The molecule has 106 valence electrons. The summed E-state index contributed by atoms with van der Waals surface area (Å²) in [5.41, 5.74) is 2.51. The van der Waals surface area contributed by atoms with Crippen molar-refractivity contribution in [2.45, 2.75) is 20.1 Å². The summed E-state index contributed by atoms with van der Waals surface area (Å²) < 4.78 is 18.7. The number of nitrogens with zero attached hydrogens (tertiary/aromatic N) is 1. The summed E-state index contributed by atoms with van der Waals surface area (Å²) in [5, 5.41) is 3.41. The van der Waals surface area contributed by atoms with Gasteiger partial charge in [-0.3, -0.25) is 4.98 Å². The molecule has 0 saturated carbocycles. The Morgan fingerprint density at radius 1 is 1.30 bits per heavy atom. The third-order valence-electron chi connectivity index (χ3n) is 2.81. The molecule has 0 radical (unpaired) electrons. The van der Waals surface area contributed by atoms with E-state index in [2.05, 4.69) is 10.3 Å². The van der Waals surface area contributed by atoms with E-state index in [1.807, 2.05) is 26.1 Å². The lowest BCUT2D eigenvalue weighted by Crippen LogP contribution is -2.10. The number of benzene rings is 1. The van der Waals surface area contributed by atoms with E-state index in [1.165, 1.54) is 12.1 Å². The third-order valence-corrected chi connectivity index (χ3v) is 3.17. The van der Waals surface area contributed by atoms with Gasteiger partial charge in [-0.1, -0.05) is 17.7 Å². The predicted octanol–water partition coefficient (Wildman–Crippen LogP) is 3.48. The summed E-state index contributed by atoms with van der Waals surface area (Å²) in [6.45, 7) is 2.83. The van der Waals surface area contributed by atoms with Gasteiger partial charge in [0.2, 0.25) is 0 Å². The molecule has 2 aromatic rings. The highest BCUT2D eigenvalue weighted by Crippen LogP contribution is 2.22. The van der Waals surface area contributed by atoms with E-state index in [-0.39, 0.29) is 12.4 Å². The van der Waals surface area contributed by atoms with Crippen molar-refractivity contribution >= 4 is 11.6 Å². The first-order valence-electron chi connectivity index (χ1n) is 6.28. The first-order valence-corrected chi connectivity index (χ1v) is 6.66. The van der Waals surface area contributed by atoms with Crippen molar-refractivity contribution < 1.29 is 9.13 Å². The fraction of sp³-hybridized carbons (Fsp3) is 0.267. The molecule has 0 fully saturated rings. The summed E-state index contributed by atoms with van der Waals surface area (Å²) >= 11 is 5.97. The Labute approximate surface area is 122 Å². The van der Waals surface area contributed by atoms with Crippen molar-refractivity contribution in [3.63, 3.8) is 0 Å². The Balaban J connectivity index is 2.14. The molecule has 20 heavy (non-hydrogen) atoms. The molecule has 0 spiro atoms. The largest absolute Gasteiger partial charge is 0.487 e. The number of hydrogen-bond acceptors (Lipinski definition) is 3. The van der Waals surface area contributed by atoms with Gasteiger partial charge < -0.3 is 10.1 Å². The minimum atomic E-state index is -0.355. The monoisotopic (exact) mass is 294 g/mol. The molecule has 0 atom stereocenters. The number of ether oxygens (including phenoxy) is 1. The lowest BCUT2D eigenvalue weighted by molar-refractivity contribution is 0.300. The maximum absolute atomic E-state index is 13.0. The van der Waals surface area contributed by atoms with Crippen LogP contribution in [0.15, 0.2) is 30.3 Å². The average Bonchev–Trinajstić information content (AvgIpc) is 2.40. The van der Waals surface area contributed by atoms with E-state index in [1.54, 1.807) is 6.07 Å². The van der Waals surface area contributed by atoms with Gasteiger partial charge in [-0.25, -0.2) is 4.39 Å². The van der Waals surface area contributed by atoms with Gasteiger partial charge in [0.1, 0.15) is 18.2 Å². The Morgan fingerprint density at radius 3 is 2.80 bits per heavy atom. The zero-order valence-electron chi connectivity index (χ0n) is 11.4. The second-order valence-electron chi connectivity index (χ2n) is 4.45. The minimum absolute atomic E-state index is 0.278. The lowest BCUT2D eigenvalue weighted by atomic mass is 10.2. The highest BCUT2D eigenvalue weighted by molar-refractivity contribution is 6.31. The van der Waals surface area contributed by atoms with Crippen LogP contribution in [0.3, 0.4) is 0 Å². The second-order valence-corrected chi connectivity index (χ2v) is 4.86. The van der Waals surface area contributed by atoms with Gasteiger partial charge in [0.05, 0.1) is 10.7 Å². The van der Waals surface area contributed by atoms with Crippen LogP contribution in [0.1, 0.15) is 17.0 Å². The van der Waals surface area contributed by atoms with Gasteiger partial charge in [0, 0.05) is 17.8 Å². The van der Waals surface area contributed by atoms with E-state index in [0.717, 1.165) is 17.0 Å². The molecule has 0 amide bonds. The van der Waals surface area contributed by atoms with Gasteiger partial charge in [-0.15, -0.1) is 0 Å². The molecule has 1 N–H and O–H groups in total. The fourth-order valence-electron chi connectivity index (χ4n) is 1.82. The topological polar surface area (TPSA) is 34.2 Å². The molecule has 0 saturated heterocycles. The molecule has 0 aliphatic rings. The zero-order chi connectivity index (χ0) is 14.5. The number of nitrogens with one attached hydrogen (secondary N) is 1. The van der Waals surface area contributed by atoms with E-state index in [4.69, 9.17) is 16.3 Å². The van der Waals surface area contributed by atoms with Gasteiger partial charge >= 0.3 is 0 Å². The minimum Gasteiger partial charge on any atom is -0.487 e. The maximum atomic E-state index is 13.0. The van der Waals surface area contributed by atoms with Crippen LogP contribution in [0.5, 0.6) is 5.75 Å². The molecule has 0 unspecified atom stereocenters. The maximum Gasteiger partial charge on any atom is 0.142 e. The zero-order valence-corrected chi connectivity index (χ0v) is 12.2. The van der Waals surface area contributed by atoms with Crippen molar-refractivity contribution in [3.8, 4) is 5.75 Å². The fourth-order valence-corrected chi connectivity index (χ4v) is 2.04. The molecule has 1 aromatic heterocycles. The molecule has 0 aliphatic heterocycles. The smallest absolute Gasteiger partial charge is 0.142 e. The van der Waals surface area contributed by atoms with Crippen LogP contribution in [0.25, 0.3) is 0 Å². The average molecular weight is 295 g/mol. The first-order chi connectivity index (χ1) is 9.60. The second kappa shape index (κ2) is 6.68. The van der Waals surface area contributed by atoms with Crippen LogP contribution in [-0.2, 0) is 13.2 Å². The summed E-state index contributed by atoms with van der Waals surface area (Å²) in [5.74, 6) is 0.344.